The van der Waals surface area contributed by atoms with E-state index in [2.05, 4.69) is 18.9 Å². The topological polar surface area (TPSA) is 38.4 Å². The van der Waals surface area contributed by atoms with Gasteiger partial charge in [-0.25, -0.2) is 0 Å². The summed E-state index contributed by atoms with van der Waals surface area (Å²) in [6, 6.07) is 0. The molecule has 0 aliphatic rings. The molecule has 0 spiro atoms. The van der Waals surface area contributed by atoms with E-state index in [1.54, 1.807) is 6.21 Å². The number of hydrogen-bond acceptors (Lipinski definition) is 2. The SMILES string of the molecule is CCC(/C=N\N)CC. The van der Waals surface area contributed by atoms with Crippen LogP contribution < -0.4 is 5.84 Å². The van der Waals surface area contributed by atoms with Gasteiger partial charge in [-0.2, -0.15) is 5.10 Å². The summed E-state index contributed by atoms with van der Waals surface area (Å²) in [6.07, 6.45) is 4.08. The largest absolute Gasteiger partial charge is 0.324 e. The highest BCUT2D eigenvalue weighted by molar-refractivity contribution is 5.59. The molecule has 0 aliphatic carbocycles. The third-order valence-corrected chi connectivity index (χ3v) is 1.35. The van der Waals surface area contributed by atoms with Crippen molar-refractivity contribution in [3.05, 3.63) is 0 Å². The molecule has 0 aromatic heterocycles. The van der Waals surface area contributed by atoms with E-state index < -0.39 is 0 Å². The van der Waals surface area contributed by atoms with Gasteiger partial charge in [0.2, 0.25) is 0 Å². The first kappa shape index (κ1) is 7.47. The van der Waals surface area contributed by atoms with Gasteiger partial charge in [-0.15, -0.1) is 0 Å². The maximum Gasteiger partial charge on any atom is 0.0271 e. The lowest BCUT2D eigenvalue weighted by Crippen LogP contribution is -1.99. The predicted octanol–water partition coefficient (Wildman–Crippen LogP) is 1.37. The second-order valence-electron chi connectivity index (χ2n) is 1.87. The van der Waals surface area contributed by atoms with Crippen molar-refractivity contribution in [1.29, 1.82) is 0 Å². The minimum atomic E-state index is 0.583. The van der Waals surface area contributed by atoms with Crippen molar-refractivity contribution in [1.82, 2.24) is 0 Å². The van der Waals surface area contributed by atoms with Gasteiger partial charge < -0.3 is 5.84 Å². The van der Waals surface area contributed by atoms with E-state index in [1.165, 1.54) is 0 Å². The zero-order valence-corrected chi connectivity index (χ0v) is 5.59. The Labute approximate surface area is 50.8 Å². The van der Waals surface area contributed by atoms with Crippen LogP contribution in [0.4, 0.5) is 0 Å². The Morgan fingerprint density at radius 1 is 1.50 bits per heavy atom. The van der Waals surface area contributed by atoms with Crippen molar-refractivity contribution in [2.24, 2.45) is 16.9 Å². The molecular formula is C6H14N2. The number of nitrogens with two attached hydrogens (primary N) is 1. The molecule has 8 heavy (non-hydrogen) atoms. The van der Waals surface area contributed by atoms with Gasteiger partial charge in [-0.05, 0) is 18.8 Å². The standard InChI is InChI=1S/C6H14N2/c1-3-6(4-2)5-8-7/h5-6H,3-4,7H2,1-2H3/b8-5-. The summed E-state index contributed by atoms with van der Waals surface area (Å²) < 4.78 is 0. The molecule has 0 aliphatic heterocycles. The smallest absolute Gasteiger partial charge is 0.0271 e. The fourth-order valence-corrected chi connectivity index (χ4v) is 0.621. The number of hydrazone groups is 1. The van der Waals surface area contributed by atoms with Crippen molar-refractivity contribution in [3.63, 3.8) is 0 Å². The molecule has 48 valence electrons. The van der Waals surface area contributed by atoms with Crippen LogP contribution in [0.1, 0.15) is 26.7 Å². The summed E-state index contributed by atoms with van der Waals surface area (Å²) >= 11 is 0. The summed E-state index contributed by atoms with van der Waals surface area (Å²) in [5, 5.41) is 3.45. The van der Waals surface area contributed by atoms with E-state index in [0.29, 0.717) is 5.92 Å². The van der Waals surface area contributed by atoms with Gasteiger partial charge in [0.05, 0.1) is 0 Å². The zero-order chi connectivity index (χ0) is 6.41. The molecule has 0 heterocycles. The third-order valence-electron chi connectivity index (χ3n) is 1.35. The Bertz CT molecular complexity index is 64.9. The lowest BCUT2D eigenvalue weighted by Gasteiger charge is -2.01. The second kappa shape index (κ2) is 4.62. The zero-order valence-electron chi connectivity index (χ0n) is 5.59. The quantitative estimate of drug-likeness (QED) is 0.336. The molecule has 0 unspecified atom stereocenters. The molecule has 0 amide bonds. The van der Waals surface area contributed by atoms with Crippen LogP contribution in [0.3, 0.4) is 0 Å². The van der Waals surface area contributed by atoms with E-state index in [-0.39, 0.29) is 0 Å². The highest BCUT2D eigenvalue weighted by Gasteiger charge is 1.95. The molecule has 0 radical (unpaired) electrons. The fourth-order valence-electron chi connectivity index (χ4n) is 0.621. The van der Waals surface area contributed by atoms with Crippen molar-refractivity contribution in [2.75, 3.05) is 0 Å². The Morgan fingerprint density at radius 2 is 2.00 bits per heavy atom. The Hall–Kier alpha value is -0.530. The molecular weight excluding hydrogens is 100 g/mol. The van der Waals surface area contributed by atoms with Gasteiger partial charge in [-0.1, -0.05) is 13.8 Å². The van der Waals surface area contributed by atoms with E-state index in [0.717, 1.165) is 12.8 Å². The van der Waals surface area contributed by atoms with Gasteiger partial charge >= 0.3 is 0 Å². The number of nitrogens with zero attached hydrogens (tertiary/aromatic N) is 1. The fraction of sp³-hybridized carbons (Fsp3) is 0.833. The minimum Gasteiger partial charge on any atom is -0.324 e. The minimum absolute atomic E-state index is 0.583. The van der Waals surface area contributed by atoms with Gasteiger partial charge in [0.1, 0.15) is 0 Å². The van der Waals surface area contributed by atoms with Gasteiger partial charge in [0, 0.05) is 6.21 Å². The Balaban J connectivity index is 3.36. The molecule has 0 aromatic rings. The monoisotopic (exact) mass is 114 g/mol. The highest BCUT2D eigenvalue weighted by atomic mass is 15.1. The highest BCUT2D eigenvalue weighted by Crippen LogP contribution is 2.02. The van der Waals surface area contributed by atoms with E-state index >= 15 is 0 Å². The Kier molecular flexibility index (Phi) is 4.32. The maximum absolute atomic E-state index is 4.95. The normalized spacial score (nSPS) is 11.4. The van der Waals surface area contributed by atoms with Crippen LogP contribution in [0.25, 0.3) is 0 Å². The molecule has 2 nitrogen and oxygen atoms in total. The first-order valence-corrected chi connectivity index (χ1v) is 3.08. The van der Waals surface area contributed by atoms with Gasteiger partial charge in [0.25, 0.3) is 0 Å². The summed E-state index contributed by atoms with van der Waals surface area (Å²) in [5.74, 6) is 5.53. The van der Waals surface area contributed by atoms with Crippen LogP contribution >= 0.6 is 0 Å². The van der Waals surface area contributed by atoms with Crippen LogP contribution in [-0.2, 0) is 0 Å². The van der Waals surface area contributed by atoms with E-state index in [1.807, 2.05) is 0 Å². The van der Waals surface area contributed by atoms with Gasteiger partial charge in [-0.3, -0.25) is 0 Å². The molecule has 0 saturated carbocycles. The number of rotatable bonds is 3. The summed E-state index contributed by atoms with van der Waals surface area (Å²) in [4.78, 5) is 0. The number of hydrogen-bond donors (Lipinski definition) is 1. The third kappa shape index (κ3) is 2.61. The van der Waals surface area contributed by atoms with Crippen LogP contribution in [-0.4, -0.2) is 6.21 Å². The van der Waals surface area contributed by atoms with Crippen LogP contribution in [0.15, 0.2) is 5.10 Å². The van der Waals surface area contributed by atoms with E-state index in [4.69, 9.17) is 5.84 Å². The van der Waals surface area contributed by atoms with E-state index in [9.17, 15) is 0 Å². The van der Waals surface area contributed by atoms with Crippen LogP contribution in [0.2, 0.25) is 0 Å². The molecule has 0 fully saturated rings. The summed E-state index contributed by atoms with van der Waals surface area (Å²) in [5.41, 5.74) is 0. The van der Waals surface area contributed by atoms with Gasteiger partial charge in [0.15, 0.2) is 0 Å². The molecule has 0 aromatic carbocycles. The molecule has 0 saturated heterocycles. The predicted molar refractivity (Wildman–Crippen MR) is 36.8 cm³/mol. The van der Waals surface area contributed by atoms with Crippen molar-refractivity contribution < 1.29 is 0 Å². The summed E-state index contributed by atoms with van der Waals surface area (Å²) in [6.45, 7) is 4.27. The van der Waals surface area contributed by atoms with Crippen LogP contribution in [0, 0.1) is 5.92 Å². The second-order valence-corrected chi connectivity index (χ2v) is 1.87. The lowest BCUT2D eigenvalue weighted by molar-refractivity contribution is 0.653. The first-order valence-electron chi connectivity index (χ1n) is 3.08. The first-order chi connectivity index (χ1) is 3.85. The Morgan fingerprint density at radius 3 is 2.12 bits per heavy atom. The van der Waals surface area contributed by atoms with Crippen molar-refractivity contribution in [3.8, 4) is 0 Å². The van der Waals surface area contributed by atoms with Crippen molar-refractivity contribution in [2.45, 2.75) is 26.7 Å². The molecule has 2 heteroatoms. The van der Waals surface area contributed by atoms with Crippen molar-refractivity contribution >= 4 is 6.21 Å². The van der Waals surface area contributed by atoms with Crippen LogP contribution in [0.5, 0.6) is 0 Å². The average Bonchev–Trinajstić information content (AvgIpc) is 1.83. The molecule has 0 rings (SSSR count). The lowest BCUT2D eigenvalue weighted by atomic mass is 10.1. The molecule has 0 bridgehead atoms. The average molecular weight is 114 g/mol. The maximum atomic E-state index is 4.95. The summed E-state index contributed by atoms with van der Waals surface area (Å²) in [7, 11) is 0. The molecule has 2 N–H and O–H groups in total. The molecule has 0 atom stereocenters.